The lowest BCUT2D eigenvalue weighted by molar-refractivity contribution is 0.0979. The summed E-state index contributed by atoms with van der Waals surface area (Å²) in [5, 5.41) is 3.95. The fourth-order valence-corrected chi connectivity index (χ4v) is 3.09. The van der Waals surface area contributed by atoms with Gasteiger partial charge in [0.2, 0.25) is 0 Å². The summed E-state index contributed by atoms with van der Waals surface area (Å²) in [6.07, 6.45) is 5.68. The van der Waals surface area contributed by atoms with Gasteiger partial charge in [0.25, 0.3) is 0 Å². The number of ketones is 2. The zero-order valence-electron chi connectivity index (χ0n) is 14.4. The van der Waals surface area contributed by atoms with Gasteiger partial charge in [-0.25, -0.2) is 0 Å². The average Bonchev–Trinajstić information content (AvgIpc) is 2.98. The average molecular weight is 352 g/mol. The SMILES string of the molecule is C1=Cc2ccccc2NN=C1.O=C1c2ccccc2C(=O)c2ccccc21. The zero-order chi connectivity index (χ0) is 18.6. The molecule has 4 nitrogen and oxygen atoms in total. The van der Waals surface area contributed by atoms with Gasteiger partial charge in [0, 0.05) is 28.5 Å². The van der Waals surface area contributed by atoms with E-state index in [9.17, 15) is 9.59 Å². The Labute approximate surface area is 156 Å². The van der Waals surface area contributed by atoms with Gasteiger partial charge in [-0.2, -0.15) is 5.10 Å². The van der Waals surface area contributed by atoms with Crippen molar-refractivity contribution in [2.75, 3.05) is 5.43 Å². The molecule has 3 aromatic rings. The molecule has 0 bridgehead atoms. The number of para-hydroxylation sites is 1. The predicted octanol–water partition coefficient (Wildman–Crippen LogP) is 4.57. The van der Waals surface area contributed by atoms with Crippen LogP contribution < -0.4 is 5.43 Å². The van der Waals surface area contributed by atoms with Gasteiger partial charge in [0.15, 0.2) is 11.6 Å². The molecule has 1 aliphatic heterocycles. The number of fused-ring (bicyclic) bond motifs is 3. The second-order valence-electron chi connectivity index (χ2n) is 6.09. The molecule has 1 aliphatic carbocycles. The van der Waals surface area contributed by atoms with Crippen LogP contribution in [0.5, 0.6) is 0 Å². The standard InChI is InChI=1S/C14H8O2.C9H8N2/c15-13-9-5-1-2-6-10(9)14(16)12-8-4-3-7-11(12)13;1-2-6-9-8(4-1)5-3-7-10-11-9/h1-8H;1-7,11H. The normalized spacial score (nSPS) is 13.3. The molecule has 0 saturated heterocycles. The zero-order valence-corrected chi connectivity index (χ0v) is 14.4. The minimum Gasteiger partial charge on any atom is -0.289 e. The van der Waals surface area contributed by atoms with Crippen LogP contribution in [0.3, 0.4) is 0 Å². The first kappa shape index (κ1) is 16.7. The predicted molar refractivity (Wildman–Crippen MR) is 107 cm³/mol. The molecule has 0 radical (unpaired) electrons. The number of carbonyl (C=O) groups excluding carboxylic acids is 2. The molecule has 1 heterocycles. The fourth-order valence-electron chi connectivity index (χ4n) is 3.09. The van der Waals surface area contributed by atoms with Crippen LogP contribution in [0.2, 0.25) is 0 Å². The van der Waals surface area contributed by atoms with Gasteiger partial charge in [-0.15, -0.1) is 0 Å². The number of nitrogens with zero attached hydrogens (tertiary/aromatic N) is 1. The van der Waals surface area contributed by atoms with Crippen molar-refractivity contribution >= 4 is 29.5 Å². The lowest BCUT2D eigenvalue weighted by Gasteiger charge is -2.16. The number of hydrogen-bond donors (Lipinski definition) is 1. The molecule has 3 aromatic carbocycles. The molecular weight excluding hydrogens is 336 g/mol. The molecule has 0 saturated carbocycles. The maximum Gasteiger partial charge on any atom is 0.194 e. The van der Waals surface area contributed by atoms with Crippen molar-refractivity contribution in [1.82, 2.24) is 0 Å². The summed E-state index contributed by atoms with van der Waals surface area (Å²) in [4.78, 5) is 24.2. The highest BCUT2D eigenvalue weighted by Gasteiger charge is 2.28. The van der Waals surface area contributed by atoms with Gasteiger partial charge in [-0.3, -0.25) is 15.0 Å². The minimum absolute atomic E-state index is 0.0641. The van der Waals surface area contributed by atoms with Crippen molar-refractivity contribution in [3.63, 3.8) is 0 Å². The van der Waals surface area contributed by atoms with E-state index in [2.05, 4.69) is 10.5 Å². The largest absolute Gasteiger partial charge is 0.289 e. The van der Waals surface area contributed by atoms with E-state index in [4.69, 9.17) is 0 Å². The smallest absolute Gasteiger partial charge is 0.194 e. The summed E-state index contributed by atoms with van der Waals surface area (Å²) < 4.78 is 0. The van der Waals surface area contributed by atoms with Gasteiger partial charge >= 0.3 is 0 Å². The Morgan fingerprint density at radius 3 is 1.67 bits per heavy atom. The molecule has 1 N–H and O–H groups in total. The fraction of sp³-hybridized carbons (Fsp3) is 0. The number of allylic oxidation sites excluding steroid dienone is 1. The maximum absolute atomic E-state index is 12.1. The van der Waals surface area contributed by atoms with E-state index >= 15 is 0 Å². The van der Waals surface area contributed by atoms with Crippen LogP contribution in [-0.2, 0) is 0 Å². The number of benzene rings is 3. The highest BCUT2D eigenvalue weighted by atomic mass is 16.1. The van der Waals surface area contributed by atoms with Gasteiger partial charge in [-0.05, 0) is 17.7 Å². The summed E-state index contributed by atoms with van der Waals surface area (Å²) in [6, 6.07) is 22.0. The molecule has 0 spiro atoms. The van der Waals surface area contributed by atoms with Crippen LogP contribution in [0.4, 0.5) is 5.69 Å². The lowest BCUT2D eigenvalue weighted by Crippen LogP contribution is -2.20. The molecule has 27 heavy (non-hydrogen) atoms. The summed E-state index contributed by atoms with van der Waals surface area (Å²) in [5.74, 6) is -0.128. The van der Waals surface area contributed by atoms with E-state index in [0.29, 0.717) is 22.3 Å². The van der Waals surface area contributed by atoms with Crippen LogP contribution in [-0.4, -0.2) is 17.8 Å². The molecule has 2 aliphatic rings. The van der Waals surface area contributed by atoms with Crippen LogP contribution in [0.25, 0.3) is 6.08 Å². The van der Waals surface area contributed by atoms with Crippen molar-refractivity contribution in [2.45, 2.75) is 0 Å². The molecular formula is C23H16N2O2. The van der Waals surface area contributed by atoms with Crippen molar-refractivity contribution in [3.8, 4) is 0 Å². The molecule has 5 rings (SSSR count). The van der Waals surface area contributed by atoms with Crippen molar-refractivity contribution in [3.05, 3.63) is 107 Å². The third kappa shape index (κ3) is 3.20. The molecule has 0 fully saturated rings. The van der Waals surface area contributed by atoms with Crippen molar-refractivity contribution < 1.29 is 9.59 Å². The highest BCUT2D eigenvalue weighted by Crippen LogP contribution is 2.26. The van der Waals surface area contributed by atoms with Gasteiger partial charge in [0.05, 0.1) is 5.69 Å². The monoisotopic (exact) mass is 352 g/mol. The number of nitrogens with one attached hydrogen (secondary N) is 1. The summed E-state index contributed by atoms with van der Waals surface area (Å²) in [5.41, 5.74) is 7.18. The Morgan fingerprint density at radius 2 is 1.11 bits per heavy atom. The molecule has 0 atom stereocenters. The van der Waals surface area contributed by atoms with Gasteiger partial charge in [-0.1, -0.05) is 72.8 Å². The van der Waals surface area contributed by atoms with Crippen molar-refractivity contribution in [2.24, 2.45) is 5.10 Å². The first-order chi connectivity index (χ1) is 13.3. The third-order valence-corrected chi connectivity index (χ3v) is 4.41. The number of hydrazone groups is 1. The Bertz CT molecular complexity index is 991. The molecule has 0 amide bonds. The van der Waals surface area contributed by atoms with Crippen molar-refractivity contribution in [1.29, 1.82) is 0 Å². The Hall–Kier alpha value is -3.79. The second kappa shape index (κ2) is 7.22. The second-order valence-corrected chi connectivity index (χ2v) is 6.09. The molecule has 4 heteroatoms. The van der Waals surface area contributed by atoms with E-state index in [-0.39, 0.29) is 11.6 Å². The third-order valence-electron chi connectivity index (χ3n) is 4.41. The first-order valence-corrected chi connectivity index (χ1v) is 8.58. The summed E-state index contributed by atoms with van der Waals surface area (Å²) >= 11 is 0. The number of carbonyl (C=O) groups is 2. The number of anilines is 1. The van der Waals surface area contributed by atoms with Gasteiger partial charge in [0.1, 0.15) is 0 Å². The quantitative estimate of drug-likeness (QED) is 0.504. The Balaban J connectivity index is 0.000000143. The van der Waals surface area contributed by atoms with E-state index < -0.39 is 0 Å². The van der Waals surface area contributed by atoms with Crippen LogP contribution in [0, 0.1) is 0 Å². The van der Waals surface area contributed by atoms with E-state index in [0.717, 1.165) is 5.69 Å². The van der Waals surface area contributed by atoms with Crippen LogP contribution >= 0.6 is 0 Å². The first-order valence-electron chi connectivity index (χ1n) is 8.58. The van der Waals surface area contributed by atoms with E-state index in [1.54, 1.807) is 54.7 Å². The van der Waals surface area contributed by atoms with E-state index in [1.165, 1.54) is 5.56 Å². The highest BCUT2D eigenvalue weighted by molar-refractivity contribution is 6.28. The molecule has 130 valence electrons. The van der Waals surface area contributed by atoms with Crippen LogP contribution in [0.1, 0.15) is 37.4 Å². The van der Waals surface area contributed by atoms with Gasteiger partial charge < -0.3 is 0 Å². The molecule has 0 aromatic heterocycles. The number of hydrogen-bond acceptors (Lipinski definition) is 4. The Morgan fingerprint density at radius 1 is 0.630 bits per heavy atom. The Kier molecular flexibility index (Phi) is 4.45. The lowest BCUT2D eigenvalue weighted by atomic mass is 9.84. The minimum atomic E-state index is -0.0641. The van der Waals surface area contributed by atoms with E-state index in [1.807, 2.05) is 36.4 Å². The summed E-state index contributed by atoms with van der Waals surface area (Å²) in [7, 11) is 0. The molecule has 0 unspecified atom stereocenters. The summed E-state index contributed by atoms with van der Waals surface area (Å²) in [6.45, 7) is 0. The number of rotatable bonds is 0. The topological polar surface area (TPSA) is 58.5 Å². The van der Waals surface area contributed by atoms with Crippen LogP contribution in [0.15, 0.2) is 84.0 Å². The maximum atomic E-state index is 12.1.